The number of benzene rings is 3. The minimum absolute atomic E-state index is 0.0318. The SMILES string of the molecule is O=C(NN[C@H](CNS(=O)(=O)c1ccc(Cl)cc1)c1ccccc1)c1ccccc1. The molecule has 0 spiro atoms. The maximum Gasteiger partial charge on any atom is 0.265 e. The van der Waals surface area contributed by atoms with E-state index in [0.29, 0.717) is 10.6 Å². The van der Waals surface area contributed by atoms with E-state index < -0.39 is 16.1 Å². The Balaban J connectivity index is 1.71. The van der Waals surface area contributed by atoms with Gasteiger partial charge >= 0.3 is 0 Å². The van der Waals surface area contributed by atoms with Crippen LogP contribution in [-0.4, -0.2) is 20.9 Å². The highest BCUT2D eigenvalue weighted by Crippen LogP contribution is 2.16. The van der Waals surface area contributed by atoms with Gasteiger partial charge in [0.05, 0.1) is 10.9 Å². The van der Waals surface area contributed by atoms with Crippen LogP contribution in [0, 0.1) is 0 Å². The maximum atomic E-state index is 12.6. The van der Waals surface area contributed by atoms with Gasteiger partial charge in [0.15, 0.2) is 0 Å². The number of rotatable bonds is 8. The van der Waals surface area contributed by atoms with E-state index in [1.807, 2.05) is 36.4 Å². The first-order valence-corrected chi connectivity index (χ1v) is 10.7. The molecule has 3 aromatic carbocycles. The Morgan fingerprint density at radius 2 is 1.45 bits per heavy atom. The summed E-state index contributed by atoms with van der Waals surface area (Å²) in [6, 6.07) is 23.4. The number of sulfonamides is 1. The fraction of sp³-hybridized carbons (Fsp3) is 0.0952. The molecule has 0 aliphatic carbocycles. The van der Waals surface area contributed by atoms with Crippen LogP contribution in [0.25, 0.3) is 0 Å². The maximum absolute atomic E-state index is 12.6. The molecule has 0 aliphatic heterocycles. The molecular weight excluding hydrogens is 410 g/mol. The van der Waals surface area contributed by atoms with Crippen molar-refractivity contribution in [3.05, 3.63) is 101 Å². The molecular formula is C21H20ClN3O3S. The van der Waals surface area contributed by atoms with Gasteiger partial charge in [-0.05, 0) is 42.0 Å². The molecule has 0 fully saturated rings. The van der Waals surface area contributed by atoms with Crippen LogP contribution in [0.4, 0.5) is 0 Å². The summed E-state index contributed by atoms with van der Waals surface area (Å²) in [6.45, 7) is 0.0318. The lowest BCUT2D eigenvalue weighted by Crippen LogP contribution is -2.44. The van der Waals surface area contributed by atoms with Gasteiger partial charge in [-0.3, -0.25) is 10.2 Å². The second-order valence-electron chi connectivity index (χ2n) is 6.23. The van der Waals surface area contributed by atoms with Gasteiger partial charge in [0.1, 0.15) is 0 Å². The highest BCUT2D eigenvalue weighted by molar-refractivity contribution is 7.89. The molecule has 0 aliphatic rings. The van der Waals surface area contributed by atoms with Crippen LogP contribution in [0.5, 0.6) is 0 Å². The highest BCUT2D eigenvalue weighted by Gasteiger charge is 2.19. The molecule has 0 saturated heterocycles. The number of hydrazine groups is 1. The summed E-state index contributed by atoms with van der Waals surface area (Å²) in [6.07, 6.45) is 0. The van der Waals surface area contributed by atoms with Crippen LogP contribution < -0.4 is 15.6 Å². The van der Waals surface area contributed by atoms with Gasteiger partial charge in [0.2, 0.25) is 10.0 Å². The molecule has 0 radical (unpaired) electrons. The lowest BCUT2D eigenvalue weighted by Gasteiger charge is -2.20. The number of amides is 1. The normalized spacial score (nSPS) is 12.3. The Labute approximate surface area is 174 Å². The third-order valence-corrected chi connectivity index (χ3v) is 5.89. The third-order valence-electron chi connectivity index (χ3n) is 4.20. The van der Waals surface area contributed by atoms with E-state index in [9.17, 15) is 13.2 Å². The quantitative estimate of drug-likeness (QED) is 0.479. The van der Waals surface area contributed by atoms with Crippen molar-refractivity contribution in [1.82, 2.24) is 15.6 Å². The Kier molecular flexibility index (Phi) is 7.00. The van der Waals surface area contributed by atoms with Gasteiger partial charge in [-0.15, -0.1) is 0 Å². The summed E-state index contributed by atoms with van der Waals surface area (Å²) in [5.41, 5.74) is 6.87. The lowest BCUT2D eigenvalue weighted by molar-refractivity contribution is 0.0925. The predicted molar refractivity (Wildman–Crippen MR) is 113 cm³/mol. The fourth-order valence-electron chi connectivity index (χ4n) is 2.64. The standard InChI is InChI=1S/C21H20ClN3O3S/c22-18-11-13-19(14-12-18)29(27,28)23-15-20(16-7-3-1-4-8-16)24-25-21(26)17-9-5-2-6-10-17/h1-14,20,23-24H,15H2,(H,25,26)/t20-/m1/s1. The van der Waals surface area contributed by atoms with Crippen molar-refractivity contribution < 1.29 is 13.2 Å². The van der Waals surface area contributed by atoms with E-state index in [2.05, 4.69) is 15.6 Å². The van der Waals surface area contributed by atoms with Crippen molar-refractivity contribution in [2.45, 2.75) is 10.9 Å². The van der Waals surface area contributed by atoms with Crippen molar-refractivity contribution >= 4 is 27.5 Å². The van der Waals surface area contributed by atoms with E-state index in [-0.39, 0.29) is 17.3 Å². The first-order chi connectivity index (χ1) is 14.0. The number of hydrogen-bond acceptors (Lipinski definition) is 4. The number of carbonyl (C=O) groups excluding carboxylic acids is 1. The zero-order chi connectivity index (χ0) is 20.7. The van der Waals surface area contributed by atoms with Gasteiger partial charge in [-0.1, -0.05) is 60.1 Å². The molecule has 1 atom stereocenters. The summed E-state index contributed by atoms with van der Waals surface area (Å²) < 4.78 is 27.7. The second kappa shape index (κ2) is 9.67. The summed E-state index contributed by atoms with van der Waals surface area (Å²) in [7, 11) is -3.73. The lowest BCUT2D eigenvalue weighted by atomic mass is 10.1. The van der Waals surface area contributed by atoms with Crippen molar-refractivity contribution in [3.8, 4) is 0 Å². The Bertz CT molecular complexity index is 1040. The molecule has 3 aromatic rings. The van der Waals surface area contributed by atoms with E-state index in [0.717, 1.165) is 5.56 Å². The highest BCUT2D eigenvalue weighted by atomic mass is 35.5. The molecule has 29 heavy (non-hydrogen) atoms. The minimum Gasteiger partial charge on any atom is -0.287 e. The van der Waals surface area contributed by atoms with Crippen molar-refractivity contribution in [1.29, 1.82) is 0 Å². The van der Waals surface area contributed by atoms with Crippen molar-refractivity contribution in [2.75, 3.05) is 6.54 Å². The van der Waals surface area contributed by atoms with Crippen LogP contribution in [0.1, 0.15) is 22.0 Å². The Morgan fingerprint density at radius 1 is 0.862 bits per heavy atom. The smallest absolute Gasteiger partial charge is 0.265 e. The van der Waals surface area contributed by atoms with E-state index in [4.69, 9.17) is 11.6 Å². The van der Waals surface area contributed by atoms with Crippen LogP contribution in [0.3, 0.4) is 0 Å². The Hall–Kier alpha value is -2.71. The summed E-state index contributed by atoms with van der Waals surface area (Å²) in [5, 5.41) is 0.455. The van der Waals surface area contributed by atoms with Gasteiger partial charge < -0.3 is 0 Å². The van der Waals surface area contributed by atoms with Crippen LogP contribution in [0.2, 0.25) is 5.02 Å². The minimum atomic E-state index is -3.73. The summed E-state index contributed by atoms with van der Waals surface area (Å²) >= 11 is 5.83. The molecule has 0 bridgehead atoms. The van der Waals surface area contributed by atoms with Crippen LogP contribution >= 0.6 is 11.6 Å². The molecule has 0 aromatic heterocycles. The largest absolute Gasteiger partial charge is 0.287 e. The average molecular weight is 430 g/mol. The Morgan fingerprint density at radius 3 is 2.07 bits per heavy atom. The monoisotopic (exact) mass is 429 g/mol. The average Bonchev–Trinajstić information content (AvgIpc) is 2.75. The first kappa shape index (κ1) is 21.0. The van der Waals surface area contributed by atoms with Gasteiger partial charge in [0, 0.05) is 17.1 Å². The molecule has 3 rings (SSSR count). The van der Waals surface area contributed by atoms with Gasteiger partial charge in [0.25, 0.3) is 5.91 Å². The topological polar surface area (TPSA) is 87.3 Å². The molecule has 3 N–H and O–H groups in total. The van der Waals surface area contributed by atoms with E-state index in [1.54, 1.807) is 24.3 Å². The van der Waals surface area contributed by atoms with Crippen LogP contribution in [-0.2, 0) is 10.0 Å². The second-order valence-corrected chi connectivity index (χ2v) is 8.44. The third kappa shape index (κ3) is 5.88. The number of carbonyl (C=O) groups is 1. The molecule has 8 heteroatoms. The molecule has 0 heterocycles. The number of halogens is 1. The fourth-order valence-corrected chi connectivity index (χ4v) is 3.82. The van der Waals surface area contributed by atoms with E-state index in [1.165, 1.54) is 24.3 Å². The molecule has 150 valence electrons. The van der Waals surface area contributed by atoms with Crippen LogP contribution in [0.15, 0.2) is 89.8 Å². The molecule has 0 saturated carbocycles. The molecule has 6 nitrogen and oxygen atoms in total. The van der Waals surface area contributed by atoms with Gasteiger partial charge in [-0.2, -0.15) is 0 Å². The van der Waals surface area contributed by atoms with Crippen molar-refractivity contribution in [2.24, 2.45) is 0 Å². The zero-order valence-corrected chi connectivity index (χ0v) is 17.0. The summed E-state index contributed by atoms with van der Waals surface area (Å²) in [5.74, 6) is -0.313. The molecule has 1 amide bonds. The van der Waals surface area contributed by atoms with Gasteiger partial charge in [-0.25, -0.2) is 18.6 Å². The number of nitrogens with one attached hydrogen (secondary N) is 3. The molecule has 0 unspecified atom stereocenters. The summed E-state index contributed by atoms with van der Waals surface area (Å²) in [4.78, 5) is 12.4. The van der Waals surface area contributed by atoms with Crippen molar-refractivity contribution in [3.63, 3.8) is 0 Å². The predicted octanol–water partition coefficient (Wildman–Crippen LogP) is 3.29. The van der Waals surface area contributed by atoms with E-state index >= 15 is 0 Å². The number of hydrogen-bond donors (Lipinski definition) is 3. The zero-order valence-electron chi connectivity index (χ0n) is 15.4. The first-order valence-electron chi connectivity index (χ1n) is 8.87.